The summed E-state index contributed by atoms with van der Waals surface area (Å²) in [7, 11) is 0. The number of aryl methyl sites for hydroxylation is 1. The monoisotopic (exact) mass is 338 g/mol. The Morgan fingerprint density at radius 2 is 2.21 bits per heavy atom. The molecule has 1 aliphatic carbocycles. The van der Waals surface area contributed by atoms with Gasteiger partial charge < -0.3 is 5.32 Å². The topological polar surface area (TPSA) is 108 Å². The number of hydrogen-bond donors (Lipinski definition) is 1. The minimum Gasteiger partial charge on any atom is -0.320 e. The zero-order chi connectivity index (χ0) is 16.8. The molecule has 0 atom stereocenters. The molecule has 118 valence electrons. The van der Waals surface area contributed by atoms with E-state index >= 15 is 0 Å². The summed E-state index contributed by atoms with van der Waals surface area (Å²) in [4.78, 5) is 28.2. The summed E-state index contributed by atoms with van der Waals surface area (Å²) in [6.07, 6.45) is 2.81. The number of hydrogen-bond acceptors (Lipinski definition) is 6. The smallest absolute Gasteiger partial charge is 0.275 e. The Balaban J connectivity index is 1.86. The summed E-state index contributed by atoms with van der Waals surface area (Å²) in [6, 6.07) is 6.34. The van der Waals surface area contributed by atoms with Crippen LogP contribution in [0.15, 0.2) is 23.2 Å². The first kappa shape index (κ1) is 14.5. The molecule has 8 heteroatoms. The van der Waals surface area contributed by atoms with Crippen molar-refractivity contribution in [2.24, 2.45) is 4.99 Å². The maximum atomic E-state index is 12.2. The minimum absolute atomic E-state index is 0.105. The summed E-state index contributed by atoms with van der Waals surface area (Å²) >= 11 is 1.42. The molecule has 2 aliphatic rings. The predicted molar refractivity (Wildman–Crippen MR) is 89.0 cm³/mol. The fraction of sp³-hybridized carbons (Fsp3) is 0.188. The zero-order valence-electron chi connectivity index (χ0n) is 12.3. The highest BCUT2D eigenvalue weighted by atomic mass is 32.1. The number of anilines is 1. The highest BCUT2D eigenvalue weighted by Crippen LogP contribution is 2.41. The van der Waals surface area contributed by atoms with Gasteiger partial charge in [0.05, 0.1) is 16.2 Å². The number of carbonyl (C=O) groups excluding carboxylic acids is 1. The van der Waals surface area contributed by atoms with Crippen LogP contribution in [0.2, 0.25) is 0 Å². The van der Waals surface area contributed by atoms with Crippen LogP contribution in [0.5, 0.6) is 0 Å². The van der Waals surface area contributed by atoms with E-state index in [0.29, 0.717) is 21.8 Å². The lowest BCUT2D eigenvalue weighted by molar-refractivity contribution is -0.384. The molecule has 0 unspecified atom stereocenters. The lowest BCUT2D eigenvalue weighted by Gasteiger charge is -1.98. The molecule has 24 heavy (non-hydrogen) atoms. The van der Waals surface area contributed by atoms with Crippen LogP contribution in [0, 0.1) is 21.4 Å². The minimum atomic E-state index is -0.513. The third-order valence-corrected chi connectivity index (χ3v) is 5.35. The van der Waals surface area contributed by atoms with Crippen LogP contribution in [-0.2, 0) is 17.6 Å². The largest absolute Gasteiger partial charge is 0.320 e. The molecule has 0 radical (unpaired) electrons. The van der Waals surface area contributed by atoms with Crippen LogP contribution >= 0.6 is 11.3 Å². The van der Waals surface area contributed by atoms with Crippen molar-refractivity contribution in [3.63, 3.8) is 0 Å². The van der Waals surface area contributed by atoms with Gasteiger partial charge in [-0.1, -0.05) is 0 Å². The lowest BCUT2D eigenvalue weighted by Crippen LogP contribution is -2.13. The van der Waals surface area contributed by atoms with Crippen LogP contribution in [0.3, 0.4) is 0 Å². The molecule has 7 nitrogen and oxygen atoms in total. The van der Waals surface area contributed by atoms with Gasteiger partial charge in [-0.2, -0.15) is 5.26 Å². The van der Waals surface area contributed by atoms with Crippen LogP contribution in [-0.4, -0.2) is 16.5 Å². The first-order valence-corrected chi connectivity index (χ1v) is 8.13. The van der Waals surface area contributed by atoms with Crippen molar-refractivity contribution in [2.75, 3.05) is 5.32 Å². The summed E-state index contributed by atoms with van der Waals surface area (Å²) in [5.74, 6) is -0.414. The van der Waals surface area contributed by atoms with Crippen molar-refractivity contribution in [3.05, 3.63) is 49.9 Å². The number of non-ortho nitro benzene ring substituents is 1. The Morgan fingerprint density at radius 1 is 1.38 bits per heavy atom. The van der Waals surface area contributed by atoms with E-state index in [9.17, 15) is 20.2 Å². The standard InChI is InChI=1S/C16H10N4O3S/c17-7-11-9-2-1-3-13(9)24-16(11)19-14-10-6-8(20(22)23)4-5-12(10)18-15(14)21/h4-6H,1-3H2,(H,18,19,21). The summed E-state index contributed by atoms with van der Waals surface area (Å²) < 4.78 is 0. The van der Waals surface area contributed by atoms with Crippen LogP contribution < -0.4 is 5.32 Å². The van der Waals surface area contributed by atoms with Crippen LogP contribution in [0.1, 0.15) is 28.0 Å². The van der Waals surface area contributed by atoms with Gasteiger partial charge in [-0.25, -0.2) is 4.99 Å². The number of nitrogens with one attached hydrogen (secondary N) is 1. The average Bonchev–Trinajstić information content (AvgIpc) is 3.20. The predicted octanol–water partition coefficient (Wildman–Crippen LogP) is 3.09. The van der Waals surface area contributed by atoms with E-state index in [2.05, 4.69) is 16.4 Å². The third-order valence-electron chi connectivity index (χ3n) is 4.16. The number of thiophene rings is 1. The van der Waals surface area contributed by atoms with Crippen molar-refractivity contribution in [3.8, 4) is 6.07 Å². The highest BCUT2D eigenvalue weighted by molar-refractivity contribution is 7.16. The molecule has 1 N–H and O–H groups in total. The van der Waals surface area contributed by atoms with Crippen LogP contribution in [0.4, 0.5) is 16.4 Å². The fourth-order valence-electron chi connectivity index (χ4n) is 3.05. The molecule has 1 amide bonds. The van der Waals surface area contributed by atoms with Gasteiger partial charge in [0.1, 0.15) is 16.8 Å². The maximum absolute atomic E-state index is 12.2. The molecule has 2 heterocycles. The van der Waals surface area contributed by atoms with Gasteiger partial charge in [0.25, 0.3) is 11.6 Å². The molecular weight excluding hydrogens is 328 g/mol. The number of nitrogens with zero attached hydrogens (tertiary/aromatic N) is 3. The molecule has 0 bridgehead atoms. The van der Waals surface area contributed by atoms with E-state index < -0.39 is 10.8 Å². The van der Waals surface area contributed by atoms with Crippen LogP contribution in [0.25, 0.3) is 0 Å². The Bertz CT molecular complexity index is 984. The van der Waals surface area contributed by atoms with E-state index in [1.165, 1.54) is 29.5 Å². The number of fused-ring (bicyclic) bond motifs is 2. The lowest BCUT2D eigenvalue weighted by atomic mass is 10.1. The molecule has 2 aromatic rings. The fourth-order valence-corrected chi connectivity index (χ4v) is 4.27. The molecule has 0 saturated heterocycles. The van der Waals surface area contributed by atoms with Gasteiger partial charge in [-0.3, -0.25) is 14.9 Å². The number of benzene rings is 1. The molecule has 1 aromatic carbocycles. The Hall–Kier alpha value is -3.05. The number of amides is 1. The maximum Gasteiger partial charge on any atom is 0.275 e. The SMILES string of the molecule is N#Cc1c(N=C2C(=O)Nc3ccc([N+](=O)[O-])cc32)sc2c1CCC2. The molecule has 0 fully saturated rings. The summed E-state index contributed by atoms with van der Waals surface area (Å²) in [5, 5.41) is 23.5. The summed E-state index contributed by atoms with van der Waals surface area (Å²) in [6.45, 7) is 0. The number of rotatable bonds is 2. The van der Waals surface area contributed by atoms with E-state index in [-0.39, 0.29) is 11.4 Å². The van der Waals surface area contributed by atoms with Gasteiger partial charge in [0.15, 0.2) is 0 Å². The van der Waals surface area contributed by atoms with E-state index in [0.717, 1.165) is 29.7 Å². The number of nitriles is 1. The van der Waals surface area contributed by atoms with Crippen molar-refractivity contribution in [2.45, 2.75) is 19.3 Å². The van der Waals surface area contributed by atoms with E-state index in [1.807, 2.05) is 0 Å². The quantitative estimate of drug-likeness (QED) is 0.670. The van der Waals surface area contributed by atoms with Gasteiger partial charge in [-0.05, 0) is 30.9 Å². The molecular formula is C16H10N4O3S. The van der Waals surface area contributed by atoms with Crippen molar-refractivity contribution in [1.29, 1.82) is 5.26 Å². The van der Waals surface area contributed by atoms with Crippen molar-refractivity contribution in [1.82, 2.24) is 0 Å². The normalized spacial score (nSPS) is 16.6. The van der Waals surface area contributed by atoms with Crippen molar-refractivity contribution >= 4 is 39.3 Å². The molecule has 0 saturated carbocycles. The second-order valence-corrected chi connectivity index (χ2v) is 6.63. The highest BCUT2D eigenvalue weighted by Gasteiger charge is 2.30. The average molecular weight is 338 g/mol. The van der Waals surface area contributed by atoms with E-state index in [4.69, 9.17) is 0 Å². The van der Waals surface area contributed by atoms with Crippen molar-refractivity contribution < 1.29 is 9.72 Å². The number of aliphatic imine (C=N–C) groups is 1. The second kappa shape index (κ2) is 5.25. The first-order chi connectivity index (χ1) is 11.6. The van der Waals surface area contributed by atoms with Gasteiger partial charge in [-0.15, -0.1) is 11.3 Å². The summed E-state index contributed by atoms with van der Waals surface area (Å²) in [5.41, 5.74) is 2.45. The Kier molecular flexibility index (Phi) is 3.18. The van der Waals surface area contributed by atoms with Gasteiger partial charge in [0, 0.05) is 22.6 Å². The van der Waals surface area contributed by atoms with Gasteiger partial charge in [0.2, 0.25) is 0 Å². The molecule has 1 aromatic heterocycles. The number of nitro benzene ring substituents is 1. The Morgan fingerprint density at radius 3 is 2.96 bits per heavy atom. The number of nitro groups is 1. The molecule has 0 spiro atoms. The zero-order valence-corrected chi connectivity index (χ0v) is 13.1. The Labute approximate surface area is 140 Å². The molecule has 4 rings (SSSR count). The third kappa shape index (κ3) is 2.10. The molecule has 1 aliphatic heterocycles. The number of carbonyl (C=O) groups is 1. The first-order valence-electron chi connectivity index (χ1n) is 7.32. The van der Waals surface area contributed by atoms with E-state index in [1.54, 1.807) is 0 Å². The second-order valence-electron chi connectivity index (χ2n) is 5.55. The van der Waals surface area contributed by atoms with Gasteiger partial charge >= 0.3 is 0 Å².